The lowest BCUT2D eigenvalue weighted by molar-refractivity contribution is -0.128. The lowest BCUT2D eigenvalue weighted by atomic mass is 10.1. The van der Waals surface area contributed by atoms with Gasteiger partial charge < -0.3 is 20.1 Å². The Bertz CT molecular complexity index is 804. The summed E-state index contributed by atoms with van der Waals surface area (Å²) in [7, 11) is 0. The largest absolute Gasteiger partial charge is 0.376 e. The van der Waals surface area contributed by atoms with Crippen molar-refractivity contribution in [2.45, 2.75) is 38.4 Å². The van der Waals surface area contributed by atoms with Gasteiger partial charge in [-0.1, -0.05) is 42.5 Å². The first kappa shape index (κ1) is 21.0. The lowest BCUT2D eigenvalue weighted by Gasteiger charge is -2.17. The van der Waals surface area contributed by atoms with E-state index in [0.717, 1.165) is 31.4 Å². The highest BCUT2D eigenvalue weighted by Crippen LogP contribution is 2.17. The van der Waals surface area contributed by atoms with E-state index >= 15 is 0 Å². The molecule has 0 bridgehead atoms. The van der Waals surface area contributed by atoms with Crippen molar-refractivity contribution in [3.8, 4) is 0 Å². The Labute approximate surface area is 171 Å². The zero-order valence-corrected chi connectivity index (χ0v) is 16.7. The van der Waals surface area contributed by atoms with Crippen LogP contribution in [0.15, 0.2) is 54.6 Å². The predicted molar refractivity (Wildman–Crippen MR) is 112 cm³/mol. The van der Waals surface area contributed by atoms with E-state index in [2.05, 4.69) is 10.6 Å². The number of para-hydroxylation sites is 1. The lowest BCUT2D eigenvalue weighted by Crippen LogP contribution is -2.32. The van der Waals surface area contributed by atoms with Gasteiger partial charge in [-0.2, -0.15) is 0 Å². The quantitative estimate of drug-likeness (QED) is 0.683. The molecule has 2 unspecified atom stereocenters. The van der Waals surface area contributed by atoms with E-state index in [4.69, 9.17) is 9.47 Å². The van der Waals surface area contributed by atoms with Crippen LogP contribution in [0.2, 0.25) is 0 Å². The molecule has 0 radical (unpaired) electrons. The molecule has 2 atom stereocenters. The number of hydrogen-bond donors (Lipinski definition) is 2. The van der Waals surface area contributed by atoms with Gasteiger partial charge in [0.2, 0.25) is 0 Å². The first-order valence-corrected chi connectivity index (χ1v) is 10.1. The number of carbonyl (C=O) groups excluding carboxylic acids is 2. The third kappa shape index (κ3) is 6.41. The second kappa shape index (κ2) is 10.7. The summed E-state index contributed by atoms with van der Waals surface area (Å²) in [4.78, 5) is 25.1. The van der Waals surface area contributed by atoms with Crippen molar-refractivity contribution in [2.75, 3.05) is 25.1 Å². The maximum atomic E-state index is 12.6. The number of ether oxygens (including phenoxy) is 2. The summed E-state index contributed by atoms with van der Waals surface area (Å²) >= 11 is 0. The van der Waals surface area contributed by atoms with Crippen molar-refractivity contribution in [1.82, 2.24) is 5.32 Å². The Balaban J connectivity index is 1.51. The minimum atomic E-state index is -0.631. The molecular weight excluding hydrogens is 368 g/mol. The molecule has 2 aromatic rings. The Morgan fingerprint density at radius 3 is 2.66 bits per heavy atom. The average Bonchev–Trinajstić information content (AvgIpc) is 3.26. The molecule has 1 aliphatic rings. The van der Waals surface area contributed by atoms with E-state index < -0.39 is 6.10 Å². The predicted octanol–water partition coefficient (Wildman–Crippen LogP) is 3.18. The van der Waals surface area contributed by atoms with Crippen LogP contribution in [0.4, 0.5) is 5.69 Å². The van der Waals surface area contributed by atoms with Gasteiger partial charge in [0.25, 0.3) is 11.8 Å². The summed E-state index contributed by atoms with van der Waals surface area (Å²) < 4.78 is 11.1. The van der Waals surface area contributed by atoms with Crippen LogP contribution in [0.1, 0.15) is 35.7 Å². The second-order valence-corrected chi connectivity index (χ2v) is 7.14. The van der Waals surface area contributed by atoms with Gasteiger partial charge in [-0.05, 0) is 43.9 Å². The van der Waals surface area contributed by atoms with Crippen molar-refractivity contribution >= 4 is 17.5 Å². The zero-order valence-electron chi connectivity index (χ0n) is 16.7. The van der Waals surface area contributed by atoms with E-state index in [1.165, 1.54) is 0 Å². The first-order valence-electron chi connectivity index (χ1n) is 10.1. The van der Waals surface area contributed by atoms with Gasteiger partial charge >= 0.3 is 0 Å². The molecule has 29 heavy (non-hydrogen) atoms. The van der Waals surface area contributed by atoms with Gasteiger partial charge in [0.05, 0.1) is 24.0 Å². The number of rotatable bonds is 9. The molecule has 0 aliphatic carbocycles. The molecule has 1 fully saturated rings. The van der Waals surface area contributed by atoms with E-state index in [1.807, 2.05) is 30.3 Å². The van der Waals surface area contributed by atoms with Crippen LogP contribution in [0.5, 0.6) is 0 Å². The standard InChI is InChI=1S/C23H28N2O4/c1-17(29-16-19-10-7-15-28-19)22(26)25-21-12-6-5-11-20(21)23(27)24-14-13-18-8-3-2-4-9-18/h2-6,8-9,11-12,17,19H,7,10,13-16H2,1H3,(H,24,27)(H,25,26). The molecule has 0 saturated carbocycles. The van der Waals surface area contributed by atoms with E-state index in [0.29, 0.717) is 24.4 Å². The maximum absolute atomic E-state index is 12.6. The maximum Gasteiger partial charge on any atom is 0.253 e. The highest BCUT2D eigenvalue weighted by Gasteiger charge is 2.21. The number of nitrogens with one attached hydrogen (secondary N) is 2. The minimum absolute atomic E-state index is 0.0629. The van der Waals surface area contributed by atoms with Gasteiger partial charge in [0.1, 0.15) is 6.10 Å². The smallest absolute Gasteiger partial charge is 0.253 e. The third-order valence-corrected chi connectivity index (χ3v) is 4.90. The van der Waals surface area contributed by atoms with Crippen molar-refractivity contribution in [3.05, 3.63) is 65.7 Å². The molecule has 1 heterocycles. The topological polar surface area (TPSA) is 76.7 Å². The minimum Gasteiger partial charge on any atom is -0.376 e. The molecule has 1 saturated heterocycles. The third-order valence-electron chi connectivity index (χ3n) is 4.90. The molecule has 154 valence electrons. The van der Waals surface area contributed by atoms with Gasteiger partial charge in [0.15, 0.2) is 0 Å². The number of benzene rings is 2. The number of anilines is 1. The zero-order chi connectivity index (χ0) is 20.5. The number of carbonyl (C=O) groups is 2. The Hall–Kier alpha value is -2.70. The van der Waals surface area contributed by atoms with Crippen LogP contribution >= 0.6 is 0 Å². The monoisotopic (exact) mass is 396 g/mol. The molecular formula is C23H28N2O4. The molecule has 0 aromatic heterocycles. The van der Waals surface area contributed by atoms with Crippen LogP contribution < -0.4 is 10.6 Å². The van der Waals surface area contributed by atoms with Crippen molar-refractivity contribution in [2.24, 2.45) is 0 Å². The summed E-state index contributed by atoms with van der Waals surface area (Å²) in [6.07, 6.45) is 2.16. The molecule has 1 aliphatic heterocycles. The second-order valence-electron chi connectivity index (χ2n) is 7.14. The summed E-state index contributed by atoms with van der Waals surface area (Å²) in [5, 5.41) is 5.72. The van der Waals surface area contributed by atoms with Crippen LogP contribution in [0, 0.1) is 0 Å². The fourth-order valence-electron chi connectivity index (χ4n) is 3.19. The fraction of sp³-hybridized carbons (Fsp3) is 0.391. The highest BCUT2D eigenvalue weighted by atomic mass is 16.5. The number of hydrogen-bond acceptors (Lipinski definition) is 4. The SMILES string of the molecule is CC(OCC1CCCO1)C(=O)Nc1ccccc1C(=O)NCCc1ccccc1. The van der Waals surface area contributed by atoms with Crippen LogP contribution in [0.3, 0.4) is 0 Å². The fourth-order valence-corrected chi connectivity index (χ4v) is 3.19. The van der Waals surface area contributed by atoms with Crippen LogP contribution in [-0.2, 0) is 20.7 Å². The molecule has 6 heteroatoms. The van der Waals surface area contributed by atoms with Gasteiger partial charge in [-0.25, -0.2) is 0 Å². The normalized spacial score (nSPS) is 16.9. The van der Waals surface area contributed by atoms with E-state index in [-0.39, 0.29) is 17.9 Å². The van der Waals surface area contributed by atoms with E-state index in [9.17, 15) is 9.59 Å². The van der Waals surface area contributed by atoms with Crippen LogP contribution in [-0.4, -0.2) is 43.8 Å². The molecule has 0 spiro atoms. The molecule has 2 N–H and O–H groups in total. The molecule has 2 aromatic carbocycles. The first-order chi connectivity index (χ1) is 14.1. The summed E-state index contributed by atoms with van der Waals surface area (Å²) in [6.45, 7) is 3.37. The highest BCUT2D eigenvalue weighted by molar-refractivity contribution is 6.04. The average molecular weight is 396 g/mol. The summed E-state index contributed by atoms with van der Waals surface area (Å²) in [6, 6.07) is 17.0. The number of amides is 2. The molecule has 6 nitrogen and oxygen atoms in total. The Kier molecular flexibility index (Phi) is 7.78. The summed E-state index contributed by atoms with van der Waals surface area (Å²) in [5.41, 5.74) is 2.06. The van der Waals surface area contributed by atoms with Gasteiger partial charge in [-0.15, -0.1) is 0 Å². The van der Waals surface area contributed by atoms with Crippen molar-refractivity contribution < 1.29 is 19.1 Å². The van der Waals surface area contributed by atoms with E-state index in [1.54, 1.807) is 31.2 Å². The van der Waals surface area contributed by atoms with Crippen LogP contribution in [0.25, 0.3) is 0 Å². The molecule has 2 amide bonds. The Morgan fingerprint density at radius 1 is 1.14 bits per heavy atom. The Morgan fingerprint density at radius 2 is 1.90 bits per heavy atom. The van der Waals surface area contributed by atoms with Gasteiger partial charge in [0, 0.05) is 13.2 Å². The van der Waals surface area contributed by atoms with Crippen molar-refractivity contribution in [3.63, 3.8) is 0 Å². The summed E-state index contributed by atoms with van der Waals surface area (Å²) in [5.74, 6) is -0.503. The molecule has 3 rings (SSSR count). The van der Waals surface area contributed by atoms with Crippen molar-refractivity contribution in [1.29, 1.82) is 0 Å². The van der Waals surface area contributed by atoms with Gasteiger partial charge in [-0.3, -0.25) is 9.59 Å².